The van der Waals surface area contributed by atoms with Crippen molar-refractivity contribution in [2.75, 3.05) is 0 Å². The Labute approximate surface area is 141 Å². The monoisotopic (exact) mass is 326 g/mol. The summed E-state index contributed by atoms with van der Waals surface area (Å²) in [7, 11) is 0. The van der Waals surface area contributed by atoms with Gasteiger partial charge < -0.3 is 10.4 Å². The van der Waals surface area contributed by atoms with Crippen molar-refractivity contribution in [1.82, 2.24) is 10.6 Å². The lowest BCUT2D eigenvalue weighted by Gasteiger charge is -2.18. The fraction of sp³-hybridized carbons (Fsp3) is 0.263. The number of carboxylic acids is 1. The van der Waals surface area contributed by atoms with E-state index < -0.39 is 12.0 Å². The molecule has 5 nitrogen and oxygen atoms in total. The summed E-state index contributed by atoms with van der Waals surface area (Å²) in [6.45, 7) is 2.28. The van der Waals surface area contributed by atoms with E-state index in [1.807, 2.05) is 67.6 Å². The summed E-state index contributed by atoms with van der Waals surface area (Å²) in [5, 5.41) is 15.1. The number of aliphatic carboxylic acids is 1. The molecule has 0 aliphatic carbocycles. The molecule has 0 heterocycles. The summed E-state index contributed by atoms with van der Waals surface area (Å²) < 4.78 is 0. The van der Waals surface area contributed by atoms with Gasteiger partial charge in [0.1, 0.15) is 6.04 Å². The van der Waals surface area contributed by atoms with Gasteiger partial charge in [0.05, 0.1) is 12.5 Å². The second kappa shape index (κ2) is 8.84. The van der Waals surface area contributed by atoms with Crippen molar-refractivity contribution in [2.45, 2.75) is 32.0 Å². The third kappa shape index (κ3) is 5.52. The Morgan fingerprint density at radius 1 is 1.00 bits per heavy atom. The van der Waals surface area contributed by atoms with Crippen molar-refractivity contribution >= 4 is 11.9 Å². The van der Waals surface area contributed by atoms with Crippen LogP contribution in [-0.4, -0.2) is 23.0 Å². The molecule has 2 rings (SSSR count). The maximum Gasteiger partial charge on any atom is 0.321 e. The van der Waals surface area contributed by atoms with Gasteiger partial charge in [0.15, 0.2) is 0 Å². The highest BCUT2D eigenvalue weighted by molar-refractivity contribution is 5.84. The quantitative estimate of drug-likeness (QED) is 0.696. The van der Waals surface area contributed by atoms with E-state index in [1.54, 1.807) is 0 Å². The zero-order valence-electron chi connectivity index (χ0n) is 13.6. The van der Waals surface area contributed by atoms with Crippen LogP contribution in [0.25, 0.3) is 0 Å². The Balaban J connectivity index is 1.87. The predicted molar refractivity (Wildman–Crippen MR) is 92.3 cm³/mol. The molecule has 1 unspecified atom stereocenters. The molecule has 0 aromatic heterocycles. The summed E-state index contributed by atoms with van der Waals surface area (Å²) >= 11 is 0. The highest BCUT2D eigenvalue weighted by atomic mass is 16.4. The van der Waals surface area contributed by atoms with Crippen molar-refractivity contribution in [3.8, 4) is 0 Å². The third-order valence-electron chi connectivity index (χ3n) is 3.76. The van der Waals surface area contributed by atoms with Crippen molar-refractivity contribution < 1.29 is 14.7 Å². The van der Waals surface area contributed by atoms with E-state index >= 15 is 0 Å². The van der Waals surface area contributed by atoms with Gasteiger partial charge in [-0.2, -0.15) is 0 Å². The second-order valence-corrected chi connectivity index (χ2v) is 5.66. The van der Waals surface area contributed by atoms with Crippen LogP contribution < -0.4 is 10.6 Å². The lowest BCUT2D eigenvalue weighted by molar-refractivity contribution is -0.141. The maximum atomic E-state index is 12.1. The largest absolute Gasteiger partial charge is 0.480 e. The molecular weight excluding hydrogens is 304 g/mol. The number of hydrogen-bond donors (Lipinski definition) is 3. The van der Waals surface area contributed by atoms with Crippen LogP contribution in [-0.2, 0) is 16.1 Å². The van der Waals surface area contributed by atoms with Crippen LogP contribution in [0.5, 0.6) is 0 Å². The molecule has 0 aliphatic heterocycles. The molecule has 0 saturated carbocycles. The lowest BCUT2D eigenvalue weighted by atomic mass is 10.1. The van der Waals surface area contributed by atoms with Crippen molar-refractivity contribution in [2.24, 2.45) is 0 Å². The van der Waals surface area contributed by atoms with E-state index in [-0.39, 0.29) is 18.4 Å². The average molecular weight is 326 g/mol. The van der Waals surface area contributed by atoms with Crippen LogP contribution in [0.1, 0.15) is 30.5 Å². The van der Waals surface area contributed by atoms with Gasteiger partial charge in [0, 0.05) is 6.54 Å². The van der Waals surface area contributed by atoms with Crippen LogP contribution in [0.3, 0.4) is 0 Å². The lowest BCUT2D eigenvalue weighted by Crippen LogP contribution is -2.41. The Hall–Kier alpha value is -2.66. The molecule has 24 heavy (non-hydrogen) atoms. The molecule has 0 fully saturated rings. The summed E-state index contributed by atoms with van der Waals surface area (Å²) in [5.74, 6) is -1.33. The Bertz CT molecular complexity index is 659. The molecule has 126 valence electrons. The molecular formula is C19H22N2O3. The number of rotatable bonds is 8. The Morgan fingerprint density at radius 3 is 2.17 bits per heavy atom. The molecule has 0 spiro atoms. The van der Waals surface area contributed by atoms with E-state index in [4.69, 9.17) is 0 Å². The first-order valence-electron chi connectivity index (χ1n) is 7.90. The van der Waals surface area contributed by atoms with Gasteiger partial charge in [-0.1, -0.05) is 60.7 Å². The van der Waals surface area contributed by atoms with Gasteiger partial charge in [-0.15, -0.1) is 0 Å². The molecule has 0 aliphatic rings. The topological polar surface area (TPSA) is 78.4 Å². The van der Waals surface area contributed by atoms with E-state index in [0.717, 1.165) is 11.1 Å². The third-order valence-corrected chi connectivity index (χ3v) is 3.76. The Kier molecular flexibility index (Phi) is 6.51. The van der Waals surface area contributed by atoms with E-state index in [0.29, 0.717) is 6.54 Å². The van der Waals surface area contributed by atoms with E-state index in [9.17, 15) is 14.7 Å². The minimum Gasteiger partial charge on any atom is -0.480 e. The molecule has 5 heteroatoms. The minimum atomic E-state index is -1.03. The molecule has 0 saturated heterocycles. The molecule has 1 amide bonds. The maximum absolute atomic E-state index is 12.1. The SMILES string of the molecule is CC(NC(=O)C[C@H](NCc1ccccc1)C(=O)O)c1ccccc1. The smallest absolute Gasteiger partial charge is 0.321 e. The summed E-state index contributed by atoms with van der Waals surface area (Å²) in [5.41, 5.74) is 1.96. The first-order chi connectivity index (χ1) is 11.6. The van der Waals surface area contributed by atoms with Gasteiger partial charge in [-0.05, 0) is 18.1 Å². The predicted octanol–water partition coefficient (Wildman–Crippen LogP) is 2.50. The number of carboxylic acid groups (broad SMARTS) is 1. The minimum absolute atomic E-state index is 0.112. The van der Waals surface area contributed by atoms with Crippen LogP contribution in [0.4, 0.5) is 0 Å². The zero-order valence-corrected chi connectivity index (χ0v) is 13.6. The highest BCUT2D eigenvalue weighted by Crippen LogP contribution is 2.11. The summed E-state index contributed by atoms with van der Waals surface area (Å²) in [6.07, 6.45) is -0.112. The number of carbonyl (C=O) groups excluding carboxylic acids is 1. The van der Waals surface area contributed by atoms with Crippen molar-refractivity contribution in [1.29, 1.82) is 0 Å². The molecule has 3 N–H and O–H groups in total. The van der Waals surface area contributed by atoms with Crippen LogP contribution in [0.15, 0.2) is 60.7 Å². The fourth-order valence-electron chi connectivity index (χ4n) is 2.39. The molecule has 2 aromatic carbocycles. The van der Waals surface area contributed by atoms with Crippen LogP contribution in [0.2, 0.25) is 0 Å². The standard InChI is InChI=1S/C19H22N2O3/c1-14(16-10-6-3-7-11-16)21-18(22)12-17(19(23)24)20-13-15-8-4-2-5-9-15/h2-11,14,17,20H,12-13H2,1H3,(H,21,22)(H,23,24)/t14?,17-/m0/s1. The first-order valence-corrected chi connectivity index (χ1v) is 7.90. The summed E-state index contributed by atoms with van der Waals surface area (Å²) in [4.78, 5) is 23.5. The number of benzene rings is 2. The van der Waals surface area contributed by atoms with Gasteiger partial charge in [0.2, 0.25) is 5.91 Å². The van der Waals surface area contributed by atoms with Crippen LogP contribution in [0, 0.1) is 0 Å². The van der Waals surface area contributed by atoms with Gasteiger partial charge >= 0.3 is 5.97 Å². The fourth-order valence-corrected chi connectivity index (χ4v) is 2.39. The van der Waals surface area contributed by atoms with E-state index in [2.05, 4.69) is 10.6 Å². The highest BCUT2D eigenvalue weighted by Gasteiger charge is 2.21. The zero-order chi connectivity index (χ0) is 17.4. The van der Waals surface area contributed by atoms with Crippen LogP contribution >= 0.6 is 0 Å². The van der Waals surface area contributed by atoms with Crippen molar-refractivity contribution in [3.05, 3.63) is 71.8 Å². The van der Waals surface area contributed by atoms with Gasteiger partial charge in [-0.3, -0.25) is 14.9 Å². The van der Waals surface area contributed by atoms with Gasteiger partial charge in [-0.25, -0.2) is 0 Å². The molecule has 0 bridgehead atoms. The normalized spacial score (nSPS) is 13.0. The molecule has 2 aromatic rings. The summed E-state index contributed by atoms with van der Waals surface area (Å²) in [6, 6.07) is 18.0. The van der Waals surface area contributed by atoms with E-state index in [1.165, 1.54) is 0 Å². The second-order valence-electron chi connectivity index (χ2n) is 5.66. The molecule has 0 radical (unpaired) electrons. The number of carbonyl (C=O) groups is 2. The number of nitrogens with one attached hydrogen (secondary N) is 2. The number of amides is 1. The van der Waals surface area contributed by atoms with Gasteiger partial charge in [0.25, 0.3) is 0 Å². The first kappa shape index (κ1) is 17.7. The Morgan fingerprint density at radius 2 is 1.58 bits per heavy atom. The average Bonchev–Trinajstić information content (AvgIpc) is 2.60. The number of hydrogen-bond acceptors (Lipinski definition) is 3. The molecule has 2 atom stereocenters. The van der Waals surface area contributed by atoms with Crippen molar-refractivity contribution in [3.63, 3.8) is 0 Å².